The van der Waals surface area contributed by atoms with Crippen molar-refractivity contribution in [1.82, 2.24) is 10.2 Å². The summed E-state index contributed by atoms with van der Waals surface area (Å²) in [6, 6.07) is 19.6. The maximum Gasteiger partial charge on any atom is 0.410 e. The summed E-state index contributed by atoms with van der Waals surface area (Å²) in [5, 5.41) is 3.74. The van der Waals surface area contributed by atoms with Crippen molar-refractivity contribution < 1.29 is 9.53 Å². The summed E-state index contributed by atoms with van der Waals surface area (Å²) in [5.41, 5.74) is 4.84. The highest BCUT2D eigenvalue weighted by Gasteiger charge is 2.41. The zero-order valence-electron chi connectivity index (χ0n) is 19.2. The molecule has 1 heterocycles. The molecule has 31 heavy (non-hydrogen) atoms. The van der Waals surface area contributed by atoms with Gasteiger partial charge in [0.15, 0.2) is 0 Å². The first-order valence-corrected chi connectivity index (χ1v) is 11.4. The highest BCUT2D eigenvalue weighted by atomic mass is 16.6. The molecule has 1 amide bonds. The second-order valence-electron chi connectivity index (χ2n) is 9.89. The number of nitrogens with zero attached hydrogens (tertiary/aromatic N) is 1. The number of amides is 1. The Morgan fingerprint density at radius 2 is 1.68 bits per heavy atom. The maximum atomic E-state index is 12.5. The standard InChI is InChI=1S/C27H34N2O2/c1-20(21-10-6-5-7-11-21)28-24-14-15-27(23-13-9-8-12-22(23)24)16-18-29(19-17-27)25(30)31-26(2,3)4/h5-14,20,28H,15-19H2,1-4H3/t20-/m0/s1. The van der Waals surface area contributed by atoms with Crippen LogP contribution in [0, 0.1) is 0 Å². The van der Waals surface area contributed by atoms with Gasteiger partial charge in [-0.3, -0.25) is 0 Å². The molecule has 1 saturated heterocycles. The SMILES string of the molecule is C[C@H](NC1=CCC2(CCN(C(=O)OC(C)(C)C)CC2)c2ccccc21)c1ccccc1. The van der Waals surface area contributed by atoms with Crippen LogP contribution in [-0.4, -0.2) is 29.7 Å². The third kappa shape index (κ3) is 4.63. The van der Waals surface area contributed by atoms with E-state index >= 15 is 0 Å². The molecule has 0 saturated carbocycles. The van der Waals surface area contributed by atoms with Crippen LogP contribution in [0.5, 0.6) is 0 Å². The molecule has 1 atom stereocenters. The lowest BCUT2D eigenvalue weighted by Gasteiger charge is -2.45. The molecule has 2 aromatic carbocycles. The minimum atomic E-state index is -0.456. The van der Waals surface area contributed by atoms with Crippen LogP contribution in [0.1, 0.15) is 69.7 Å². The number of hydrogen-bond donors (Lipinski definition) is 1. The van der Waals surface area contributed by atoms with E-state index in [0.717, 1.165) is 32.4 Å². The highest BCUT2D eigenvalue weighted by molar-refractivity contribution is 5.72. The van der Waals surface area contributed by atoms with E-state index in [4.69, 9.17) is 4.74 Å². The molecule has 164 valence electrons. The number of rotatable bonds is 3. The first-order chi connectivity index (χ1) is 14.8. The Morgan fingerprint density at radius 1 is 1.03 bits per heavy atom. The number of carbonyl (C=O) groups is 1. The maximum absolute atomic E-state index is 12.5. The lowest BCUT2D eigenvalue weighted by Crippen LogP contribution is -2.47. The molecule has 0 radical (unpaired) electrons. The van der Waals surface area contributed by atoms with Crippen LogP contribution in [-0.2, 0) is 10.2 Å². The zero-order chi connectivity index (χ0) is 22.1. The summed E-state index contributed by atoms with van der Waals surface area (Å²) < 4.78 is 5.59. The van der Waals surface area contributed by atoms with Crippen molar-refractivity contribution in [3.63, 3.8) is 0 Å². The Bertz CT molecular complexity index is 951. The zero-order valence-corrected chi connectivity index (χ0v) is 19.2. The van der Waals surface area contributed by atoms with Crippen molar-refractivity contribution in [2.75, 3.05) is 13.1 Å². The van der Waals surface area contributed by atoms with Crippen molar-refractivity contribution in [2.24, 2.45) is 0 Å². The van der Waals surface area contributed by atoms with Crippen LogP contribution in [0.15, 0.2) is 60.7 Å². The number of allylic oxidation sites excluding steroid dienone is 1. The summed E-state index contributed by atoms with van der Waals surface area (Å²) in [6.07, 6.45) is 5.09. The molecule has 2 aliphatic rings. The van der Waals surface area contributed by atoms with Crippen molar-refractivity contribution >= 4 is 11.8 Å². The second-order valence-corrected chi connectivity index (χ2v) is 9.89. The summed E-state index contributed by atoms with van der Waals surface area (Å²) in [6.45, 7) is 9.44. The summed E-state index contributed by atoms with van der Waals surface area (Å²) in [4.78, 5) is 14.4. The number of carbonyl (C=O) groups excluding carboxylic acids is 1. The van der Waals surface area contributed by atoms with E-state index < -0.39 is 5.60 Å². The van der Waals surface area contributed by atoms with Gasteiger partial charge in [0.25, 0.3) is 0 Å². The molecular formula is C27H34N2O2. The highest BCUT2D eigenvalue weighted by Crippen LogP contribution is 2.45. The Balaban J connectivity index is 1.51. The van der Waals surface area contributed by atoms with Crippen molar-refractivity contribution in [1.29, 1.82) is 0 Å². The van der Waals surface area contributed by atoms with Crippen LogP contribution < -0.4 is 5.32 Å². The molecule has 1 fully saturated rings. The predicted octanol–water partition coefficient (Wildman–Crippen LogP) is 6.05. The smallest absolute Gasteiger partial charge is 0.410 e. The Hall–Kier alpha value is -2.75. The number of fused-ring (bicyclic) bond motifs is 2. The van der Waals surface area contributed by atoms with Crippen LogP contribution in [0.2, 0.25) is 0 Å². The van der Waals surface area contributed by atoms with Crippen molar-refractivity contribution in [3.8, 4) is 0 Å². The van der Waals surface area contributed by atoms with Crippen LogP contribution in [0.25, 0.3) is 5.70 Å². The second kappa shape index (κ2) is 8.41. The largest absolute Gasteiger partial charge is 0.444 e. The quantitative estimate of drug-likeness (QED) is 0.660. The van der Waals surface area contributed by atoms with Gasteiger partial charge in [-0.05, 0) is 58.1 Å². The number of hydrogen-bond acceptors (Lipinski definition) is 3. The molecule has 1 N–H and O–H groups in total. The van der Waals surface area contributed by atoms with Crippen LogP contribution in [0.4, 0.5) is 4.79 Å². The fourth-order valence-corrected chi connectivity index (χ4v) is 4.81. The van der Waals surface area contributed by atoms with Gasteiger partial charge in [-0.25, -0.2) is 4.79 Å². The lowest BCUT2D eigenvalue weighted by molar-refractivity contribution is 0.0163. The fourth-order valence-electron chi connectivity index (χ4n) is 4.81. The monoisotopic (exact) mass is 418 g/mol. The number of nitrogens with one attached hydrogen (secondary N) is 1. The van der Waals surface area contributed by atoms with Crippen LogP contribution in [0.3, 0.4) is 0 Å². The third-order valence-electron chi connectivity index (χ3n) is 6.53. The third-order valence-corrected chi connectivity index (χ3v) is 6.53. The Morgan fingerprint density at radius 3 is 2.35 bits per heavy atom. The minimum absolute atomic E-state index is 0.0935. The molecule has 0 unspecified atom stereocenters. The van der Waals surface area contributed by atoms with E-state index in [1.54, 1.807) is 0 Å². The van der Waals surface area contributed by atoms with E-state index in [2.05, 4.69) is 72.9 Å². The Labute approximate surface area is 186 Å². The molecule has 4 rings (SSSR count). The van der Waals surface area contributed by atoms with E-state index in [1.165, 1.54) is 22.4 Å². The van der Waals surface area contributed by atoms with Gasteiger partial charge in [-0.1, -0.05) is 60.7 Å². The van der Waals surface area contributed by atoms with Gasteiger partial charge in [0.1, 0.15) is 5.60 Å². The lowest BCUT2D eigenvalue weighted by atomic mass is 9.66. The average Bonchev–Trinajstić information content (AvgIpc) is 2.76. The molecule has 0 aromatic heterocycles. The summed E-state index contributed by atoms with van der Waals surface area (Å²) in [7, 11) is 0. The molecule has 1 aliphatic heterocycles. The first kappa shape index (κ1) is 21.5. The molecule has 1 spiro atoms. The fraction of sp³-hybridized carbons (Fsp3) is 0.444. The van der Waals surface area contributed by atoms with Gasteiger partial charge in [0.2, 0.25) is 0 Å². The van der Waals surface area contributed by atoms with Crippen molar-refractivity contribution in [3.05, 3.63) is 77.4 Å². The normalized spacial score (nSPS) is 18.7. The topological polar surface area (TPSA) is 41.6 Å². The predicted molar refractivity (Wildman–Crippen MR) is 126 cm³/mol. The first-order valence-electron chi connectivity index (χ1n) is 11.4. The van der Waals surface area contributed by atoms with Gasteiger partial charge in [0.05, 0.1) is 0 Å². The number of piperidine rings is 1. The molecule has 2 aromatic rings. The average molecular weight is 419 g/mol. The molecule has 4 heteroatoms. The van der Waals surface area contributed by atoms with E-state index in [1.807, 2.05) is 25.7 Å². The van der Waals surface area contributed by atoms with Gasteiger partial charge < -0.3 is 15.0 Å². The van der Waals surface area contributed by atoms with Gasteiger partial charge in [-0.2, -0.15) is 0 Å². The van der Waals surface area contributed by atoms with E-state index in [0.29, 0.717) is 0 Å². The summed E-state index contributed by atoms with van der Waals surface area (Å²) in [5.74, 6) is 0. The number of benzene rings is 2. The number of likely N-dealkylation sites (tertiary alicyclic amines) is 1. The molecular weight excluding hydrogens is 384 g/mol. The van der Waals surface area contributed by atoms with Gasteiger partial charge in [-0.15, -0.1) is 0 Å². The summed E-state index contributed by atoms with van der Waals surface area (Å²) >= 11 is 0. The van der Waals surface area contributed by atoms with Gasteiger partial charge in [0, 0.05) is 35.8 Å². The van der Waals surface area contributed by atoms with E-state index in [-0.39, 0.29) is 17.6 Å². The minimum Gasteiger partial charge on any atom is -0.444 e. The molecule has 0 bridgehead atoms. The van der Waals surface area contributed by atoms with Crippen LogP contribution >= 0.6 is 0 Å². The van der Waals surface area contributed by atoms with Gasteiger partial charge >= 0.3 is 6.09 Å². The number of ether oxygens (including phenoxy) is 1. The Kier molecular flexibility index (Phi) is 5.83. The van der Waals surface area contributed by atoms with Crippen molar-refractivity contribution in [2.45, 2.75) is 64.0 Å². The molecule has 1 aliphatic carbocycles. The molecule has 4 nitrogen and oxygen atoms in total. The van der Waals surface area contributed by atoms with E-state index in [9.17, 15) is 4.79 Å².